The smallest absolute Gasteiger partial charge is 0.0932 e. The summed E-state index contributed by atoms with van der Waals surface area (Å²) in [7, 11) is 0. The number of morpholine rings is 1. The highest BCUT2D eigenvalue weighted by molar-refractivity contribution is 4.77. The number of piperidine rings is 1. The van der Waals surface area contributed by atoms with E-state index in [1.54, 1.807) is 0 Å². The van der Waals surface area contributed by atoms with Gasteiger partial charge in [0, 0.05) is 19.6 Å². The monoisotopic (exact) mass is 214 g/mol. The summed E-state index contributed by atoms with van der Waals surface area (Å²) >= 11 is 0. The van der Waals surface area contributed by atoms with E-state index in [1.165, 1.54) is 19.4 Å². The van der Waals surface area contributed by atoms with Crippen LogP contribution in [0.4, 0.5) is 0 Å². The highest BCUT2D eigenvalue weighted by Gasteiger charge is 2.23. The fourth-order valence-corrected chi connectivity index (χ4v) is 2.50. The maximum atomic E-state index is 9.05. The molecule has 2 atom stereocenters. The average Bonchev–Trinajstić information content (AvgIpc) is 2.31. The molecule has 0 saturated carbocycles. The minimum absolute atomic E-state index is 0.0373. The highest BCUT2D eigenvalue weighted by atomic mass is 16.5. The largest absolute Gasteiger partial charge is 0.394 e. The zero-order valence-electron chi connectivity index (χ0n) is 9.32. The predicted molar refractivity (Wildman–Crippen MR) is 58.9 cm³/mol. The van der Waals surface area contributed by atoms with Gasteiger partial charge in [0.05, 0.1) is 19.3 Å². The molecule has 0 spiro atoms. The first kappa shape index (κ1) is 11.3. The van der Waals surface area contributed by atoms with Crippen LogP contribution < -0.4 is 5.32 Å². The van der Waals surface area contributed by atoms with Crippen molar-refractivity contribution >= 4 is 0 Å². The quantitative estimate of drug-likeness (QED) is 0.676. The summed E-state index contributed by atoms with van der Waals surface area (Å²) in [6.45, 7) is 6.33. The number of hydrogen-bond donors (Lipinski definition) is 2. The minimum Gasteiger partial charge on any atom is -0.394 e. The third-order valence-corrected chi connectivity index (χ3v) is 3.34. The Kier molecular flexibility index (Phi) is 4.38. The third kappa shape index (κ3) is 3.41. The summed E-state index contributed by atoms with van der Waals surface area (Å²) in [5.41, 5.74) is 0. The molecule has 2 saturated heterocycles. The van der Waals surface area contributed by atoms with Gasteiger partial charge < -0.3 is 15.2 Å². The van der Waals surface area contributed by atoms with Gasteiger partial charge in [0.2, 0.25) is 0 Å². The summed E-state index contributed by atoms with van der Waals surface area (Å²) in [5, 5.41) is 12.5. The summed E-state index contributed by atoms with van der Waals surface area (Å²) < 4.78 is 5.44. The van der Waals surface area contributed by atoms with Gasteiger partial charge in [0.15, 0.2) is 0 Å². The standard InChI is InChI=1S/C11H22N2O2/c14-9-11-8-13(4-5-15-11)7-10-2-1-3-12-6-10/h10-12,14H,1-9H2. The first-order valence-electron chi connectivity index (χ1n) is 6.04. The van der Waals surface area contributed by atoms with Crippen LogP contribution in [-0.2, 0) is 4.74 Å². The van der Waals surface area contributed by atoms with Gasteiger partial charge in [-0.05, 0) is 31.8 Å². The van der Waals surface area contributed by atoms with Crippen molar-refractivity contribution in [3.63, 3.8) is 0 Å². The van der Waals surface area contributed by atoms with Crippen molar-refractivity contribution in [1.82, 2.24) is 10.2 Å². The van der Waals surface area contributed by atoms with Crippen molar-refractivity contribution in [1.29, 1.82) is 0 Å². The second-order valence-corrected chi connectivity index (χ2v) is 4.65. The summed E-state index contributed by atoms with van der Waals surface area (Å²) in [4.78, 5) is 2.43. The lowest BCUT2D eigenvalue weighted by Gasteiger charge is -2.35. The van der Waals surface area contributed by atoms with Crippen molar-refractivity contribution in [2.75, 3.05) is 45.9 Å². The van der Waals surface area contributed by atoms with Gasteiger partial charge >= 0.3 is 0 Å². The molecule has 4 nitrogen and oxygen atoms in total. The average molecular weight is 214 g/mol. The Morgan fingerprint density at radius 2 is 2.40 bits per heavy atom. The lowest BCUT2D eigenvalue weighted by Crippen LogP contribution is -2.47. The van der Waals surface area contributed by atoms with E-state index in [4.69, 9.17) is 9.84 Å². The van der Waals surface area contributed by atoms with Crippen LogP contribution in [0.25, 0.3) is 0 Å². The highest BCUT2D eigenvalue weighted by Crippen LogP contribution is 2.14. The third-order valence-electron chi connectivity index (χ3n) is 3.34. The van der Waals surface area contributed by atoms with E-state index in [-0.39, 0.29) is 12.7 Å². The van der Waals surface area contributed by atoms with Crippen LogP contribution in [0.15, 0.2) is 0 Å². The second kappa shape index (κ2) is 5.80. The van der Waals surface area contributed by atoms with Crippen molar-refractivity contribution in [2.45, 2.75) is 18.9 Å². The lowest BCUT2D eigenvalue weighted by atomic mass is 9.99. The molecule has 2 aliphatic heterocycles. The molecule has 15 heavy (non-hydrogen) atoms. The zero-order valence-corrected chi connectivity index (χ0v) is 9.32. The number of nitrogens with one attached hydrogen (secondary N) is 1. The molecule has 0 bridgehead atoms. The number of rotatable bonds is 3. The van der Waals surface area contributed by atoms with Crippen LogP contribution in [0, 0.1) is 5.92 Å². The number of aliphatic hydroxyl groups excluding tert-OH is 1. The summed E-state index contributed by atoms with van der Waals surface area (Å²) in [5.74, 6) is 0.788. The Hall–Kier alpha value is -0.160. The maximum absolute atomic E-state index is 9.05. The van der Waals surface area contributed by atoms with Crippen molar-refractivity contribution in [2.24, 2.45) is 5.92 Å². The van der Waals surface area contributed by atoms with Gasteiger partial charge in [-0.15, -0.1) is 0 Å². The van der Waals surface area contributed by atoms with Crippen LogP contribution in [0.1, 0.15) is 12.8 Å². The number of aliphatic hydroxyl groups is 1. The molecule has 0 radical (unpaired) electrons. The molecule has 2 heterocycles. The Labute approximate surface area is 91.6 Å². The second-order valence-electron chi connectivity index (χ2n) is 4.65. The molecule has 0 amide bonds. The van der Waals surface area contributed by atoms with Crippen molar-refractivity contribution in [3.05, 3.63) is 0 Å². The zero-order chi connectivity index (χ0) is 10.5. The van der Waals surface area contributed by atoms with Crippen LogP contribution in [0.5, 0.6) is 0 Å². The minimum atomic E-state index is 0.0373. The molecular formula is C11H22N2O2. The summed E-state index contributed by atoms with van der Waals surface area (Å²) in [6.07, 6.45) is 2.68. The SMILES string of the molecule is OCC1CN(CC2CCCNC2)CCO1. The first-order chi connectivity index (χ1) is 7.38. The van der Waals surface area contributed by atoms with Gasteiger partial charge in [-0.25, -0.2) is 0 Å². The topological polar surface area (TPSA) is 44.7 Å². The normalized spacial score (nSPS) is 34.2. The molecule has 2 unspecified atom stereocenters. The first-order valence-corrected chi connectivity index (χ1v) is 6.04. The Bertz CT molecular complexity index is 183. The van der Waals surface area contributed by atoms with Gasteiger partial charge in [-0.3, -0.25) is 4.90 Å². The Balaban J connectivity index is 1.72. The fourth-order valence-electron chi connectivity index (χ4n) is 2.50. The molecule has 4 heteroatoms. The molecule has 0 aliphatic carbocycles. The molecule has 2 N–H and O–H groups in total. The molecule has 0 aromatic heterocycles. The van der Waals surface area contributed by atoms with Crippen LogP contribution in [0.3, 0.4) is 0 Å². The van der Waals surface area contributed by atoms with Gasteiger partial charge in [0.1, 0.15) is 0 Å². The Morgan fingerprint density at radius 3 is 3.13 bits per heavy atom. The lowest BCUT2D eigenvalue weighted by molar-refractivity contribution is -0.0567. The molecule has 2 rings (SSSR count). The van der Waals surface area contributed by atoms with Crippen LogP contribution >= 0.6 is 0 Å². The van der Waals surface area contributed by atoms with Crippen LogP contribution in [0.2, 0.25) is 0 Å². The van der Waals surface area contributed by atoms with Crippen molar-refractivity contribution < 1.29 is 9.84 Å². The van der Waals surface area contributed by atoms with Gasteiger partial charge in [-0.1, -0.05) is 0 Å². The van der Waals surface area contributed by atoms with E-state index >= 15 is 0 Å². The summed E-state index contributed by atoms with van der Waals surface area (Å²) in [6, 6.07) is 0. The van der Waals surface area contributed by atoms with E-state index in [9.17, 15) is 0 Å². The van der Waals surface area contributed by atoms with Gasteiger partial charge in [-0.2, -0.15) is 0 Å². The Morgan fingerprint density at radius 1 is 1.47 bits per heavy atom. The van der Waals surface area contributed by atoms with E-state index in [1.807, 2.05) is 0 Å². The number of ether oxygens (including phenoxy) is 1. The van der Waals surface area contributed by atoms with Crippen molar-refractivity contribution in [3.8, 4) is 0 Å². The molecule has 88 valence electrons. The molecule has 0 aromatic rings. The van der Waals surface area contributed by atoms with E-state index < -0.39 is 0 Å². The number of hydrogen-bond acceptors (Lipinski definition) is 4. The number of nitrogens with zero attached hydrogens (tertiary/aromatic N) is 1. The molecular weight excluding hydrogens is 192 g/mol. The van der Waals surface area contributed by atoms with Crippen LogP contribution in [-0.4, -0.2) is 62.0 Å². The van der Waals surface area contributed by atoms with E-state index in [0.29, 0.717) is 0 Å². The molecule has 2 aliphatic rings. The maximum Gasteiger partial charge on any atom is 0.0932 e. The fraction of sp³-hybridized carbons (Fsp3) is 1.00. The molecule has 0 aromatic carbocycles. The van der Waals surface area contributed by atoms with Gasteiger partial charge in [0.25, 0.3) is 0 Å². The van der Waals surface area contributed by atoms with E-state index in [0.717, 1.165) is 38.7 Å². The predicted octanol–water partition coefficient (Wildman–Crippen LogP) is -0.321. The van der Waals surface area contributed by atoms with E-state index in [2.05, 4.69) is 10.2 Å². The molecule has 2 fully saturated rings.